The van der Waals surface area contributed by atoms with Crippen molar-refractivity contribution in [2.45, 2.75) is 0 Å². The number of hydrogen-bond donors (Lipinski definition) is 1. The molecule has 0 heterocycles. The fourth-order valence-electron chi connectivity index (χ4n) is 0.960. The minimum atomic E-state index is -1.09. The van der Waals surface area contributed by atoms with E-state index in [-0.39, 0.29) is 11.3 Å². The summed E-state index contributed by atoms with van der Waals surface area (Å²) in [6.07, 6.45) is 1.33. The molecule has 5 nitrogen and oxygen atoms in total. The predicted molar refractivity (Wildman–Crippen MR) is 47.7 cm³/mol. The van der Waals surface area contributed by atoms with Gasteiger partial charge in [-0.25, -0.2) is 9.59 Å². The maximum Gasteiger partial charge on any atom is 0.335 e. The number of ether oxygens (including phenoxy) is 1. The van der Waals surface area contributed by atoms with Crippen molar-refractivity contribution in [3.8, 4) is 5.75 Å². The highest BCUT2D eigenvalue weighted by Gasteiger charge is 2.07. The Morgan fingerprint density at radius 3 is 2.79 bits per heavy atom. The van der Waals surface area contributed by atoms with Crippen molar-refractivity contribution in [3.05, 3.63) is 23.8 Å². The zero-order valence-electron chi connectivity index (χ0n) is 7.35. The lowest BCUT2D eigenvalue weighted by molar-refractivity contribution is 0.0697. The Hall–Kier alpha value is -2.13. The lowest BCUT2D eigenvalue weighted by Gasteiger charge is -2.03. The molecule has 1 aromatic rings. The van der Waals surface area contributed by atoms with Crippen molar-refractivity contribution in [1.29, 1.82) is 0 Å². The monoisotopic (exact) mass is 193 g/mol. The minimum Gasteiger partial charge on any atom is -0.494 e. The minimum absolute atomic E-state index is 0.0415. The number of nitrogens with zero attached hydrogens (tertiary/aromatic N) is 1. The first kappa shape index (κ1) is 9.95. The third kappa shape index (κ3) is 1.97. The van der Waals surface area contributed by atoms with Gasteiger partial charge < -0.3 is 9.84 Å². The molecular weight excluding hydrogens is 186 g/mol. The summed E-state index contributed by atoms with van der Waals surface area (Å²) in [5.74, 6) is -0.756. The lowest BCUT2D eigenvalue weighted by atomic mass is 10.2. The van der Waals surface area contributed by atoms with Crippen LogP contribution in [0.15, 0.2) is 23.2 Å². The van der Waals surface area contributed by atoms with Gasteiger partial charge in [0.15, 0.2) is 0 Å². The van der Waals surface area contributed by atoms with Crippen LogP contribution in [0, 0.1) is 0 Å². The summed E-state index contributed by atoms with van der Waals surface area (Å²) in [6, 6.07) is 4.04. The Bertz CT molecular complexity index is 407. The molecule has 1 aromatic carbocycles. The van der Waals surface area contributed by atoms with E-state index in [0.29, 0.717) is 5.75 Å². The van der Waals surface area contributed by atoms with Gasteiger partial charge in [-0.15, -0.1) is 0 Å². The number of carboxylic acid groups (broad SMARTS) is 1. The van der Waals surface area contributed by atoms with Crippen molar-refractivity contribution < 1.29 is 19.4 Å². The molecule has 1 N–H and O–H groups in total. The van der Waals surface area contributed by atoms with Gasteiger partial charge in [0.2, 0.25) is 6.08 Å². The second-order valence-corrected chi connectivity index (χ2v) is 2.39. The number of carboxylic acids is 1. The van der Waals surface area contributed by atoms with E-state index in [1.54, 1.807) is 0 Å². The van der Waals surface area contributed by atoms with Crippen LogP contribution in [-0.2, 0) is 4.79 Å². The van der Waals surface area contributed by atoms with E-state index in [1.807, 2.05) is 0 Å². The molecule has 0 aliphatic heterocycles. The third-order valence-electron chi connectivity index (χ3n) is 1.59. The molecule has 0 unspecified atom stereocenters. The number of methoxy groups -OCH3 is 1. The average Bonchev–Trinajstić information content (AvgIpc) is 2.18. The molecule has 5 heteroatoms. The van der Waals surface area contributed by atoms with Crippen LogP contribution in [0.2, 0.25) is 0 Å². The van der Waals surface area contributed by atoms with Gasteiger partial charge in [-0.05, 0) is 18.2 Å². The maximum atomic E-state index is 10.6. The van der Waals surface area contributed by atoms with Crippen molar-refractivity contribution in [3.63, 3.8) is 0 Å². The summed E-state index contributed by atoms with van der Waals surface area (Å²) in [7, 11) is 1.40. The molecule has 0 aromatic heterocycles. The van der Waals surface area contributed by atoms with Gasteiger partial charge in [-0.2, -0.15) is 4.99 Å². The fraction of sp³-hybridized carbons (Fsp3) is 0.111. The van der Waals surface area contributed by atoms with Crippen LogP contribution in [0.25, 0.3) is 0 Å². The first-order valence-electron chi connectivity index (χ1n) is 3.68. The van der Waals surface area contributed by atoms with E-state index in [9.17, 15) is 9.59 Å². The van der Waals surface area contributed by atoms with E-state index in [2.05, 4.69) is 4.99 Å². The molecule has 14 heavy (non-hydrogen) atoms. The van der Waals surface area contributed by atoms with Gasteiger partial charge in [-0.1, -0.05) is 0 Å². The molecule has 0 atom stereocenters. The molecule has 1 rings (SSSR count). The molecule has 0 saturated heterocycles. The first-order valence-corrected chi connectivity index (χ1v) is 3.68. The van der Waals surface area contributed by atoms with E-state index in [4.69, 9.17) is 9.84 Å². The number of aromatic carboxylic acids is 1. The quantitative estimate of drug-likeness (QED) is 0.580. The summed E-state index contributed by atoms with van der Waals surface area (Å²) in [6.45, 7) is 0. The van der Waals surface area contributed by atoms with Gasteiger partial charge in [0, 0.05) is 0 Å². The Morgan fingerprint density at radius 2 is 2.29 bits per heavy atom. The third-order valence-corrected chi connectivity index (χ3v) is 1.59. The highest BCUT2D eigenvalue weighted by atomic mass is 16.5. The Morgan fingerprint density at radius 1 is 1.57 bits per heavy atom. The fourth-order valence-corrected chi connectivity index (χ4v) is 0.960. The molecule has 0 fully saturated rings. The molecule has 72 valence electrons. The molecule has 0 radical (unpaired) electrons. The van der Waals surface area contributed by atoms with E-state index >= 15 is 0 Å². The van der Waals surface area contributed by atoms with Crippen LogP contribution in [0.1, 0.15) is 10.4 Å². The van der Waals surface area contributed by atoms with Gasteiger partial charge in [-0.3, -0.25) is 0 Å². The van der Waals surface area contributed by atoms with E-state index < -0.39 is 5.97 Å². The lowest BCUT2D eigenvalue weighted by Crippen LogP contribution is -1.95. The summed E-state index contributed by atoms with van der Waals surface area (Å²) in [4.78, 5) is 23.9. The second kappa shape index (κ2) is 4.20. The summed E-state index contributed by atoms with van der Waals surface area (Å²) in [5.41, 5.74) is 0.196. The van der Waals surface area contributed by atoms with Crippen molar-refractivity contribution >= 4 is 17.7 Å². The van der Waals surface area contributed by atoms with Crippen molar-refractivity contribution in [2.75, 3.05) is 7.11 Å². The molecule has 0 aliphatic carbocycles. The van der Waals surface area contributed by atoms with E-state index in [1.165, 1.54) is 31.4 Å². The first-order chi connectivity index (χ1) is 6.69. The average molecular weight is 193 g/mol. The van der Waals surface area contributed by atoms with Gasteiger partial charge in [0.05, 0.1) is 12.7 Å². The number of rotatable bonds is 3. The predicted octanol–water partition coefficient (Wildman–Crippen LogP) is 1.36. The van der Waals surface area contributed by atoms with Crippen LogP contribution in [0.3, 0.4) is 0 Å². The molecular formula is C9H7NO4. The van der Waals surface area contributed by atoms with Crippen LogP contribution < -0.4 is 4.74 Å². The standard InChI is InChI=1S/C9H7NO4/c1-14-8-3-2-6(9(12)13)4-7(8)10-5-11/h2-4H,1H3,(H,12,13). The van der Waals surface area contributed by atoms with Crippen LogP contribution in [-0.4, -0.2) is 24.3 Å². The van der Waals surface area contributed by atoms with Crippen LogP contribution in [0.4, 0.5) is 5.69 Å². The van der Waals surface area contributed by atoms with Gasteiger partial charge >= 0.3 is 5.97 Å². The number of benzene rings is 1. The molecule has 0 amide bonds. The topological polar surface area (TPSA) is 76.0 Å². The molecule has 0 aliphatic rings. The van der Waals surface area contributed by atoms with Crippen molar-refractivity contribution in [1.82, 2.24) is 0 Å². The number of isocyanates is 1. The second-order valence-electron chi connectivity index (χ2n) is 2.39. The SMILES string of the molecule is COc1ccc(C(=O)O)cc1N=C=O. The number of carbonyl (C=O) groups excluding carboxylic acids is 1. The summed E-state index contributed by atoms with van der Waals surface area (Å²) in [5, 5.41) is 8.66. The number of hydrogen-bond acceptors (Lipinski definition) is 4. The van der Waals surface area contributed by atoms with Crippen LogP contribution in [0.5, 0.6) is 5.75 Å². The number of aliphatic imine (C=N–C) groups is 1. The highest BCUT2D eigenvalue weighted by molar-refractivity contribution is 5.89. The molecule has 0 spiro atoms. The summed E-state index contributed by atoms with van der Waals surface area (Å²) < 4.78 is 4.87. The highest BCUT2D eigenvalue weighted by Crippen LogP contribution is 2.27. The normalized spacial score (nSPS) is 8.93. The smallest absolute Gasteiger partial charge is 0.335 e. The zero-order chi connectivity index (χ0) is 10.6. The largest absolute Gasteiger partial charge is 0.494 e. The van der Waals surface area contributed by atoms with Gasteiger partial charge in [0.1, 0.15) is 11.4 Å². The number of carbonyl (C=O) groups is 1. The Kier molecular flexibility index (Phi) is 2.99. The molecule has 0 bridgehead atoms. The Balaban J connectivity index is 3.27. The van der Waals surface area contributed by atoms with Crippen LogP contribution >= 0.6 is 0 Å². The maximum absolute atomic E-state index is 10.6. The zero-order valence-corrected chi connectivity index (χ0v) is 7.35. The Labute approximate surface area is 79.7 Å². The van der Waals surface area contributed by atoms with Gasteiger partial charge in [0.25, 0.3) is 0 Å². The van der Waals surface area contributed by atoms with Crippen molar-refractivity contribution in [2.24, 2.45) is 4.99 Å². The summed E-state index contributed by atoms with van der Waals surface area (Å²) >= 11 is 0. The van der Waals surface area contributed by atoms with E-state index in [0.717, 1.165) is 0 Å². The molecule has 0 saturated carbocycles.